The van der Waals surface area contributed by atoms with Gasteiger partial charge in [-0.25, -0.2) is 9.97 Å². The number of nitrogen functional groups attached to an aromatic ring is 1. The molecule has 4 fully saturated rings. The van der Waals surface area contributed by atoms with Gasteiger partial charge in [-0.3, -0.25) is 9.20 Å². The highest BCUT2D eigenvalue weighted by molar-refractivity contribution is 5.93. The van der Waals surface area contributed by atoms with Gasteiger partial charge in [0, 0.05) is 31.5 Å². The lowest BCUT2D eigenvalue weighted by molar-refractivity contribution is -0.0503. The fraction of sp³-hybridized carbons (Fsp3) is 0.538. The van der Waals surface area contributed by atoms with Gasteiger partial charge in [-0.2, -0.15) is 4.98 Å². The number of pyridine rings is 1. The predicted molar refractivity (Wildman–Crippen MR) is 131 cm³/mol. The van der Waals surface area contributed by atoms with Gasteiger partial charge >= 0.3 is 0 Å². The molecule has 3 aromatic rings. The number of fused-ring (bicyclic) bond motifs is 1. The first-order valence-electron chi connectivity index (χ1n) is 12.4. The monoisotopic (exact) mass is 459 g/mol. The normalized spacial score (nSPS) is 27.3. The Morgan fingerprint density at radius 3 is 2.56 bits per heavy atom. The Hall–Kier alpha value is -3.16. The van der Waals surface area contributed by atoms with Crippen molar-refractivity contribution in [1.82, 2.24) is 24.7 Å². The third kappa shape index (κ3) is 3.79. The number of carbonyl (C=O) groups excluding carboxylic acids is 1. The minimum Gasteiger partial charge on any atom is -0.383 e. The van der Waals surface area contributed by atoms with Crippen molar-refractivity contribution in [2.24, 2.45) is 23.2 Å². The number of imidazole rings is 1. The zero-order valence-electron chi connectivity index (χ0n) is 20.0. The van der Waals surface area contributed by atoms with Crippen molar-refractivity contribution in [3.63, 3.8) is 0 Å². The second-order valence-electron chi connectivity index (χ2n) is 11.1. The molecule has 34 heavy (non-hydrogen) atoms. The molecule has 0 unspecified atom stereocenters. The van der Waals surface area contributed by atoms with E-state index in [1.54, 1.807) is 6.20 Å². The molecule has 0 atom stereocenters. The standard InChI is InChI=1S/C26H33N7O/c1-16-12-28-25(31-23(16)27)32(2)13-20-14-33-21(4-3-5-22(33)30-20)24(34)29-15-26-9-17-6-18(10-26)8-19(7-17)11-26/h3-5,12,14,17-19H,6-11,13,15H2,1-2H3,(H,29,34)(H2,27,28,31). The van der Waals surface area contributed by atoms with E-state index in [2.05, 4.69) is 15.3 Å². The number of nitrogens with one attached hydrogen (secondary N) is 1. The van der Waals surface area contributed by atoms with Gasteiger partial charge in [-0.05, 0) is 80.8 Å². The maximum Gasteiger partial charge on any atom is 0.268 e. The number of aromatic nitrogens is 4. The number of hydrogen-bond donors (Lipinski definition) is 2. The predicted octanol–water partition coefficient (Wildman–Crippen LogP) is 3.60. The molecule has 0 spiro atoms. The summed E-state index contributed by atoms with van der Waals surface area (Å²) in [6.07, 6.45) is 11.8. The number of nitrogens with two attached hydrogens (primary N) is 1. The van der Waals surface area contributed by atoms with Crippen LogP contribution in [0, 0.1) is 30.1 Å². The molecular weight excluding hydrogens is 426 g/mol. The summed E-state index contributed by atoms with van der Waals surface area (Å²) in [5.74, 6) is 3.65. The number of hydrogen-bond acceptors (Lipinski definition) is 6. The number of anilines is 2. The van der Waals surface area contributed by atoms with Crippen LogP contribution in [0.1, 0.15) is 60.3 Å². The van der Waals surface area contributed by atoms with E-state index in [9.17, 15) is 4.79 Å². The number of amides is 1. The molecule has 1 amide bonds. The van der Waals surface area contributed by atoms with Crippen LogP contribution in [0.15, 0.2) is 30.6 Å². The average Bonchev–Trinajstić information content (AvgIpc) is 3.21. The van der Waals surface area contributed by atoms with E-state index in [1.165, 1.54) is 38.5 Å². The van der Waals surface area contributed by atoms with E-state index in [0.29, 0.717) is 29.4 Å². The third-order valence-electron chi connectivity index (χ3n) is 8.30. The Morgan fingerprint density at radius 2 is 1.88 bits per heavy atom. The van der Waals surface area contributed by atoms with Gasteiger partial charge in [0.05, 0.1) is 12.2 Å². The van der Waals surface area contributed by atoms with Crippen molar-refractivity contribution in [2.75, 3.05) is 24.2 Å². The van der Waals surface area contributed by atoms with E-state index in [-0.39, 0.29) is 5.91 Å². The third-order valence-corrected chi connectivity index (χ3v) is 8.30. The highest BCUT2D eigenvalue weighted by Crippen LogP contribution is 2.59. The van der Waals surface area contributed by atoms with Crippen LogP contribution in [0.5, 0.6) is 0 Å². The van der Waals surface area contributed by atoms with Crippen LogP contribution in [0.25, 0.3) is 5.65 Å². The van der Waals surface area contributed by atoms with Crippen LogP contribution >= 0.6 is 0 Å². The fourth-order valence-electron chi connectivity index (χ4n) is 7.13. The molecule has 0 aliphatic heterocycles. The van der Waals surface area contributed by atoms with Gasteiger partial charge < -0.3 is 16.0 Å². The molecule has 178 valence electrons. The molecule has 4 aliphatic rings. The summed E-state index contributed by atoms with van der Waals surface area (Å²) in [4.78, 5) is 28.6. The maximum atomic E-state index is 13.3. The Bertz CT molecular complexity index is 1210. The van der Waals surface area contributed by atoms with Gasteiger partial charge in [-0.15, -0.1) is 0 Å². The fourth-order valence-corrected chi connectivity index (χ4v) is 7.13. The van der Waals surface area contributed by atoms with Gasteiger partial charge in [0.1, 0.15) is 17.2 Å². The number of rotatable bonds is 6. The van der Waals surface area contributed by atoms with E-state index in [1.807, 2.05) is 47.7 Å². The van der Waals surface area contributed by atoms with Crippen LogP contribution in [0.3, 0.4) is 0 Å². The Morgan fingerprint density at radius 1 is 1.18 bits per heavy atom. The van der Waals surface area contributed by atoms with Gasteiger partial charge in [0.15, 0.2) is 0 Å². The molecule has 7 rings (SSSR count). The highest BCUT2D eigenvalue weighted by atomic mass is 16.1. The first kappa shape index (κ1) is 21.4. The first-order valence-corrected chi connectivity index (χ1v) is 12.4. The second-order valence-corrected chi connectivity index (χ2v) is 11.1. The number of carbonyl (C=O) groups is 1. The highest BCUT2D eigenvalue weighted by Gasteiger charge is 2.50. The van der Waals surface area contributed by atoms with Crippen molar-refractivity contribution < 1.29 is 4.79 Å². The maximum absolute atomic E-state index is 13.3. The molecule has 8 heteroatoms. The minimum absolute atomic E-state index is 0.0201. The molecule has 0 radical (unpaired) electrons. The molecule has 4 saturated carbocycles. The van der Waals surface area contributed by atoms with Crippen molar-refractivity contribution in [2.45, 2.75) is 52.0 Å². The van der Waals surface area contributed by atoms with Crippen molar-refractivity contribution in [3.8, 4) is 0 Å². The van der Waals surface area contributed by atoms with Crippen molar-refractivity contribution in [3.05, 3.63) is 47.5 Å². The SMILES string of the molecule is Cc1cnc(N(C)Cc2cn3c(C(=O)NCC45CC6CC(CC(C6)C4)C5)cccc3n2)nc1N. The average molecular weight is 460 g/mol. The Labute approximate surface area is 200 Å². The topological polar surface area (TPSA) is 101 Å². The summed E-state index contributed by atoms with van der Waals surface area (Å²) in [6, 6.07) is 5.71. The van der Waals surface area contributed by atoms with E-state index >= 15 is 0 Å². The van der Waals surface area contributed by atoms with Crippen LogP contribution in [0.2, 0.25) is 0 Å². The summed E-state index contributed by atoms with van der Waals surface area (Å²) in [5.41, 5.74) is 9.34. The van der Waals surface area contributed by atoms with Crippen molar-refractivity contribution in [1.29, 1.82) is 0 Å². The molecule has 3 N–H and O–H groups in total. The molecule has 0 saturated heterocycles. The first-order chi connectivity index (χ1) is 16.4. The van der Waals surface area contributed by atoms with Crippen LogP contribution < -0.4 is 16.0 Å². The second kappa shape index (κ2) is 7.96. The van der Waals surface area contributed by atoms with Gasteiger partial charge in [0.25, 0.3) is 5.91 Å². The van der Waals surface area contributed by atoms with E-state index < -0.39 is 0 Å². The smallest absolute Gasteiger partial charge is 0.268 e. The Balaban J connectivity index is 1.18. The van der Waals surface area contributed by atoms with Gasteiger partial charge in [0.2, 0.25) is 5.95 Å². The van der Waals surface area contributed by atoms with E-state index in [4.69, 9.17) is 10.7 Å². The Kier molecular flexibility index (Phi) is 5.00. The quantitative estimate of drug-likeness (QED) is 0.584. The minimum atomic E-state index is -0.0201. The van der Waals surface area contributed by atoms with E-state index in [0.717, 1.165) is 41.2 Å². The molecule has 0 aromatic carbocycles. The summed E-state index contributed by atoms with van der Waals surface area (Å²) in [5, 5.41) is 3.30. The van der Waals surface area contributed by atoms with Crippen LogP contribution in [0.4, 0.5) is 11.8 Å². The molecular formula is C26H33N7O. The zero-order chi connectivity index (χ0) is 23.4. The number of aryl methyl sites for hydroxylation is 1. The summed E-state index contributed by atoms with van der Waals surface area (Å²) < 4.78 is 1.89. The largest absolute Gasteiger partial charge is 0.383 e. The lowest BCUT2D eigenvalue weighted by atomic mass is 9.49. The molecule has 8 nitrogen and oxygen atoms in total. The molecule has 4 aliphatic carbocycles. The summed E-state index contributed by atoms with van der Waals surface area (Å²) in [7, 11) is 1.91. The van der Waals surface area contributed by atoms with Gasteiger partial charge in [-0.1, -0.05) is 6.07 Å². The number of nitrogens with zero attached hydrogens (tertiary/aromatic N) is 5. The van der Waals surface area contributed by atoms with Crippen LogP contribution in [-0.2, 0) is 6.54 Å². The lowest BCUT2D eigenvalue weighted by Gasteiger charge is -2.56. The molecule has 3 aromatic heterocycles. The molecule has 3 heterocycles. The summed E-state index contributed by atoms with van der Waals surface area (Å²) >= 11 is 0. The summed E-state index contributed by atoms with van der Waals surface area (Å²) in [6.45, 7) is 3.19. The van der Waals surface area contributed by atoms with Crippen molar-refractivity contribution >= 4 is 23.3 Å². The lowest BCUT2D eigenvalue weighted by Crippen LogP contribution is -2.51. The van der Waals surface area contributed by atoms with Crippen LogP contribution in [-0.4, -0.2) is 38.9 Å². The molecule has 4 bridgehead atoms. The zero-order valence-corrected chi connectivity index (χ0v) is 20.0.